The summed E-state index contributed by atoms with van der Waals surface area (Å²) in [5.74, 6) is 0.924. The Balaban J connectivity index is 2.37. The molecule has 0 atom stereocenters. The quantitative estimate of drug-likeness (QED) is 0.626. The number of ether oxygens (including phenoxy) is 1. The summed E-state index contributed by atoms with van der Waals surface area (Å²) < 4.78 is 5.51. The molecule has 3 heteroatoms. The Morgan fingerprint density at radius 2 is 2.43 bits per heavy atom. The average molecular weight is 188 g/mol. The van der Waals surface area contributed by atoms with E-state index in [2.05, 4.69) is 9.74 Å². The van der Waals surface area contributed by atoms with Crippen LogP contribution in [0.5, 0.6) is 5.75 Å². The van der Waals surface area contributed by atoms with Crippen molar-refractivity contribution >= 4 is 5.69 Å². The number of likely N-dealkylation sites (N-methyl/N-ethyl adjacent to an activating group) is 1. The first-order valence-electron chi connectivity index (χ1n) is 4.61. The summed E-state index contributed by atoms with van der Waals surface area (Å²) >= 11 is 0. The van der Waals surface area contributed by atoms with E-state index in [9.17, 15) is 0 Å². The van der Waals surface area contributed by atoms with Gasteiger partial charge in [-0.05, 0) is 18.2 Å². The Morgan fingerprint density at radius 1 is 1.57 bits per heavy atom. The third-order valence-corrected chi connectivity index (χ3v) is 2.38. The maximum atomic E-state index is 6.81. The lowest BCUT2D eigenvalue weighted by Gasteiger charge is -2.27. The molecular formula is C11H12N2O. The van der Waals surface area contributed by atoms with Gasteiger partial charge in [-0.2, -0.15) is 0 Å². The number of rotatable bonds is 1. The molecular weight excluding hydrogens is 176 g/mol. The third-order valence-electron chi connectivity index (χ3n) is 2.38. The summed E-state index contributed by atoms with van der Waals surface area (Å²) in [5.41, 5.74) is 2.15. The van der Waals surface area contributed by atoms with Crippen LogP contribution in [-0.2, 0) is 6.54 Å². The summed E-state index contributed by atoms with van der Waals surface area (Å²) in [5, 5.41) is 0. The Bertz CT molecular complexity index is 381. The van der Waals surface area contributed by atoms with Gasteiger partial charge in [-0.15, -0.1) is 0 Å². The zero-order chi connectivity index (χ0) is 9.97. The normalized spacial score (nSPS) is 14.1. The summed E-state index contributed by atoms with van der Waals surface area (Å²) in [7, 11) is 2.04. The van der Waals surface area contributed by atoms with Crippen molar-refractivity contribution in [1.82, 2.24) is 0 Å². The number of nitrogens with zero attached hydrogens (tertiary/aromatic N) is 2. The summed E-state index contributed by atoms with van der Waals surface area (Å²) in [6.07, 6.45) is 0. The molecule has 0 saturated carbocycles. The van der Waals surface area contributed by atoms with E-state index in [4.69, 9.17) is 11.3 Å². The van der Waals surface area contributed by atoms with Crippen LogP contribution in [0.2, 0.25) is 0 Å². The molecule has 14 heavy (non-hydrogen) atoms. The second-order valence-corrected chi connectivity index (χ2v) is 3.39. The van der Waals surface area contributed by atoms with Crippen LogP contribution in [0, 0.1) is 6.57 Å². The predicted molar refractivity (Wildman–Crippen MR) is 55.5 cm³/mol. The lowest BCUT2D eigenvalue weighted by molar-refractivity contribution is 0.311. The molecule has 0 aromatic heterocycles. The maximum absolute atomic E-state index is 6.81. The van der Waals surface area contributed by atoms with Crippen molar-refractivity contribution in [1.29, 1.82) is 0 Å². The zero-order valence-electron chi connectivity index (χ0n) is 8.16. The van der Waals surface area contributed by atoms with Crippen LogP contribution in [0.4, 0.5) is 5.69 Å². The van der Waals surface area contributed by atoms with Gasteiger partial charge in [-0.25, -0.2) is 6.57 Å². The van der Waals surface area contributed by atoms with Gasteiger partial charge >= 0.3 is 0 Å². The van der Waals surface area contributed by atoms with Crippen LogP contribution in [-0.4, -0.2) is 20.2 Å². The van der Waals surface area contributed by atoms with Crippen molar-refractivity contribution in [3.05, 3.63) is 35.2 Å². The van der Waals surface area contributed by atoms with Gasteiger partial charge in [-0.1, -0.05) is 0 Å². The van der Waals surface area contributed by atoms with E-state index >= 15 is 0 Å². The summed E-state index contributed by atoms with van der Waals surface area (Å²) in [6, 6.07) is 5.94. The van der Waals surface area contributed by atoms with Gasteiger partial charge in [0.05, 0.1) is 12.2 Å². The molecule has 0 aliphatic carbocycles. The lowest BCUT2D eigenvalue weighted by Crippen LogP contribution is -2.28. The third kappa shape index (κ3) is 1.51. The van der Waals surface area contributed by atoms with E-state index in [1.54, 1.807) is 0 Å². The first-order chi connectivity index (χ1) is 6.81. The van der Waals surface area contributed by atoms with E-state index in [-0.39, 0.29) is 0 Å². The standard InChI is InChI=1S/C11H12N2O/c1-12-8-9-3-4-11-10(7-9)13(2)5-6-14-11/h3-4,7H,5-6,8H2,2H3. The number of hydrogen-bond acceptors (Lipinski definition) is 2. The largest absolute Gasteiger partial charge is 0.490 e. The smallest absolute Gasteiger partial charge is 0.239 e. The number of anilines is 1. The van der Waals surface area contributed by atoms with Gasteiger partial charge < -0.3 is 14.5 Å². The highest BCUT2D eigenvalue weighted by atomic mass is 16.5. The van der Waals surface area contributed by atoms with E-state index in [0.717, 1.165) is 30.2 Å². The fourth-order valence-corrected chi connectivity index (χ4v) is 1.59. The zero-order valence-corrected chi connectivity index (χ0v) is 8.16. The van der Waals surface area contributed by atoms with Crippen LogP contribution in [0.3, 0.4) is 0 Å². The molecule has 1 aromatic carbocycles. The molecule has 0 radical (unpaired) electrons. The van der Waals surface area contributed by atoms with E-state index in [1.807, 2.05) is 25.2 Å². The van der Waals surface area contributed by atoms with Gasteiger partial charge in [0.15, 0.2) is 0 Å². The van der Waals surface area contributed by atoms with Gasteiger partial charge in [-0.3, -0.25) is 0 Å². The Hall–Kier alpha value is -1.69. The minimum Gasteiger partial charge on any atom is -0.490 e. The maximum Gasteiger partial charge on any atom is 0.239 e. The van der Waals surface area contributed by atoms with Gasteiger partial charge in [0.2, 0.25) is 6.54 Å². The van der Waals surface area contributed by atoms with Gasteiger partial charge in [0.25, 0.3) is 0 Å². The molecule has 0 fully saturated rings. The molecule has 1 heterocycles. The molecule has 3 nitrogen and oxygen atoms in total. The summed E-state index contributed by atoms with van der Waals surface area (Å²) in [6.45, 7) is 8.91. The van der Waals surface area contributed by atoms with Crippen molar-refractivity contribution in [2.45, 2.75) is 6.54 Å². The van der Waals surface area contributed by atoms with Crippen molar-refractivity contribution in [3.63, 3.8) is 0 Å². The van der Waals surface area contributed by atoms with Crippen molar-refractivity contribution < 1.29 is 4.74 Å². The van der Waals surface area contributed by atoms with Gasteiger partial charge in [0, 0.05) is 12.6 Å². The fraction of sp³-hybridized carbons (Fsp3) is 0.364. The van der Waals surface area contributed by atoms with Crippen molar-refractivity contribution in [3.8, 4) is 5.75 Å². The first kappa shape index (κ1) is 8.89. The highest BCUT2D eigenvalue weighted by Crippen LogP contribution is 2.31. The Labute approximate surface area is 83.7 Å². The molecule has 0 amide bonds. The topological polar surface area (TPSA) is 16.8 Å². The molecule has 0 unspecified atom stereocenters. The number of benzene rings is 1. The van der Waals surface area contributed by atoms with Crippen molar-refractivity contribution in [2.75, 3.05) is 25.1 Å². The number of fused-ring (bicyclic) bond motifs is 1. The second-order valence-electron chi connectivity index (χ2n) is 3.39. The number of hydrogen-bond donors (Lipinski definition) is 0. The molecule has 0 saturated heterocycles. The van der Waals surface area contributed by atoms with Crippen LogP contribution < -0.4 is 9.64 Å². The molecule has 0 N–H and O–H groups in total. The molecule has 0 bridgehead atoms. The second kappa shape index (κ2) is 3.59. The molecule has 72 valence electrons. The van der Waals surface area contributed by atoms with Crippen LogP contribution in [0.1, 0.15) is 5.56 Å². The van der Waals surface area contributed by atoms with E-state index in [0.29, 0.717) is 6.54 Å². The average Bonchev–Trinajstić information content (AvgIpc) is 2.20. The molecule has 2 rings (SSSR count). The fourth-order valence-electron chi connectivity index (χ4n) is 1.59. The van der Waals surface area contributed by atoms with Gasteiger partial charge in [0.1, 0.15) is 12.4 Å². The molecule has 1 aliphatic rings. The predicted octanol–water partition coefficient (Wildman–Crippen LogP) is 1.93. The van der Waals surface area contributed by atoms with Crippen LogP contribution in [0.15, 0.2) is 18.2 Å². The van der Waals surface area contributed by atoms with Crippen molar-refractivity contribution in [2.24, 2.45) is 0 Å². The minimum atomic E-state index is 0.446. The molecule has 1 aliphatic heterocycles. The highest BCUT2D eigenvalue weighted by molar-refractivity contribution is 5.61. The van der Waals surface area contributed by atoms with E-state index < -0.39 is 0 Å². The molecule has 1 aromatic rings. The molecule has 0 spiro atoms. The first-order valence-corrected chi connectivity index (χ1v) is 4.61. The minimum absolute atomic E-state index is 0.446. The van der Waals surface area contributed by atoms with E-state index in [1.165, 1.54) is 0 Å². The highest BCUT2D eigenvalue weighted by Gasteiger charge is 2.15. The Morgan fingerprint density at radius 3 is 3.21 bits per heavy atom. The summed E-state index contributed by atoms with van der Waals surface area (Å²) in [4.78, 5) is 5.53. The lowest BCUT2D eigenvalue weighted by atomic mass is 10.1. The SMILES string of the molecule is [C-]#[N+]Cc1ccc2c(c1)N(C)CCO2. The monoisotopic (exact) mass is 188 g/mol. The Kier molecular flexibility index (Phi) is 2.28. The van der Waals surface area contributed by atoms with Crippen LogP contribution in [0.25, 0.3) is 4.85 Å². The van der Waals surface area contributed by atoms with Crippen LogP contribution >= 0.6 is 0 Å².